The minimum absolute atomic E-state index is 0.451. The zero-order valence-corrected chi connectivity index (χ0v) is 6.97. The Bertz CT molecular complexity index is 373. The van der Waals surface area contributed by atoms with E-state index in [1.54, 1.807) is 12.4 Å². The molecule has 0 saturated carbocycles. The molecule has 0 spiro atoms. The molecule has 0 aliphatic carbocycles. The topological polar surface area (TPSA) is 59.2 Å². The Morgan fingerprint density at radius 1 is 1.62 bits per heavy atom. The first-order valence-electron chi connectivity index (χ1n) is 3.95. The number of urea groups is 1. The summed E-state index contributed by atoms with van der Waals surface area (Å²) in [5.74, 6) is 0. The van der Waals surface area contributed by atoms with Gasteiger partial charge in [0.25, 0.3) is 0 Å². The van der Waals surface area contributed by atoms with E-state index in [9.17, 15) is 4.79 Å². The van der Waals surface area contributed by atoms with Crippen LogP contribution in [0.5, 0.6) is 0 Å². The van der Waals surface area contributed by atoms with Gasteiger partial charge in [0.05, 0.1) is 12.2 Å². The van der Waals surface area contributed by atoms with Crippen molar-refractivity contribution in [2.75, 3.05) is 0 Å². The number of nitrogens with zero attached hydrogens (tertiary/aromatic N) is 2. The molecule has 1 aliphatic heterocycles. The number of nitrogens with two attached hydrogens (primary N) is 1. The molecule has 13 heavy (non-hydrogen) atoms. The van der Waals surface area contributed by atoms with Crippen LogP contribution in [0, 0.1) is 0 Å². The van der Waals surface area contributed by atoms with E-state index >= 15 is 0 Å². The number of primary amides is 1. The van der Waals surface area contributed by atoms with Gasteiger partial charge in [-0.15, -0.1) is 0 Å². The molecule has 0 bridgehead atoms. The summed E-state index contributed by atoms with van der Waals surface area (Å²) in [4.78, 5) is 16.4. The number of carbonyl (C=O) groups is 1. The van der Waals surface area contributed by atoms with E-state index in [1.807, 2.05) is 18.2 Å². The predicted molar refractivity (Wildman–Crippen MR) is 48.4 cm³/mol. The average Bonchev–Trinajstić information content (AvgIpc) is 2.17. The lowest BCUT2D eigenvalue weighted by Gasteiger charge is -2.20. The van der Waals surface area contributed by atoms with Gasteiger partial charge in [-0.1, -0.05) is 6.07 Å². The van der Waals surface area contributed by atoms with Crippen LogP contribution >= 0.6 is 0 Å². The molecule has 0 fully saturated rings. The second-order valence-corrected chi connectivity index (χ2v) is 2.82. The SMILES string of the molecule is NC(=O)N1C=Cc2cccnc2C1. The normalized spacial score (nSPS) is 14.0. The van der Waals surface area contributed by atoms with Crippen molar-refractivity contribution in [1.29, 1.82) is 0 Å². The van der Waals surface area contributed by atoms with Gasteiger partial charge in [-0.3, -0.25) is 9.88 Å². The summed E-state index contributed by atoms with van der Waals surface area (Å²) < 4.78 is 0. The van der Waals surface area contributed by atoms with Gasteiger partial charge >= 0.3 is 6.03 Å². The van der Waals surface area contributed by atoms with Crippen LogP contribution in [0.4, 0.5) is 4.79 Å². The quantitative estimate of drug-likeness (QED) is 0.638. The molecule has 0 atom stereocenters. The molecule has 66 valence electrons. The van der Waals surface area contributed by atoms with E-state index in [0.29, 0.717) is 6.54 Å². The summed E-state index contributed by atoms with van der Waals surface area (Å²) in [5.41, 5.74) is 7.05. The van der Waals surface area contributed by atoms with Crippen molar-refractivity contribution in [2.45, 2.75) is 6.54 Å². The highest BCUT2D eigenvalue weighted by atomic mass is 16.2. The van der Waals surface area contributed by atoms with Gasteiger partial charge in [0.2, 0.25) is 0 Å². The lowest BCUT2D eigenvalue weighted by atomic mass is 10.1. The molecule has 1 aromatic rings. The van der Waals surface area contributed by atoms with Gasteiger partial charge in [0.1, 0.15) is 0 Å². The zero-order valence-electron chi connectivity index (χ0n) is 6.97. The summed E-state index contributed by atoms with van der Waals surface area (Å²) in [7, 11) is 0. The Morgan fingerprint density at radius 3 is 3.23 bits per heavy atom. The van der Waals surface area contributed by atoms with Crippen molar-refractivity contribution in [3.63, 3.8) is 0 Å². The van der Waals surface area contributed by atoms with Crippen molar-refractivity contribution in [3.05, 3.63) is 35.8 Å². The van der Waals surface area contributed by atoms with Crippen molar-refractivity contribution >= 4 is 12.1 Å². The lowest BCUT2D eigenvalue weighted by Crippen LogP contribution is -2.32. The third-order valence-electron chi connectivity index (χ3n) is 1.96. The molecule has 2 heterocycles. The van der Waals surface area contributed by atoms with E-state index in [-0.39, 0.29) is 0 Å². The monoisotopic (exact) mass is 175 g/mol. The van der Waals surface area contributed by atoms with Crippen LogP contribution in [-0.2, 0) is 6.54 Å². The Balaban J connectivity index is 2.34. The van der Waals surface area contributed by atoms with Gasteiger partial charge in [0.15, 0.2) is 0 Å². The summed E-state index contributed by atoms with van der Waals surface area (Å²) >= 11 is 0. The van der Waals surface area contributed by atoms with Gasteiger partial charge in [0, 0.05) is 12.4 Å². The van der Waals surface area contributed by atoms with Crippen LogP contribution in [-0.4, -0.2) is 15.9 Å². The second kappa shape index (κ2) is 2.90. The molecular formula is C9H9N3O. The van der Waals surface area contributed by atoms with E-state index in [4.69, 9.17) is 5.73 Å². The van der Waals surface area contributed by atoms with Gasteiger partial charge in [-0.05, 0) is 17.7 Å². The summed E-state index contributed by atoms with van der Waals surface area (Å²) in [5, 5.41) is 0. The highest BCUT2D eigenvalue weighted by molar-refractivity contribution is 5.75. The van der Waals surface area contributed by atoms with Gasteiger partial charge in [-0.2, -0.15) is 0 Å². The lowest BCUT2D eigenvalue weighted by molar-refractivity contribution is 0.222. The molecular weight excluding hydrogens is 166 g/mol. The molecule has 0 unspecified atom stereocenters. The molecule has 0 radical (unpaired) electrons. The van der Waals surface area contributed by atoms with Crippen LogP contribution in [0.3, 0.4) is 0 Å². The van der Waals surface area contributed by atoms with E-state index in [2.05, 4.69) is 4.98 Å². The zero-order chi connectivity index (χ0) is 9.26. The second-order valence-electron chi connectivity index (χ2n) is 2.82. The Morgan fingerprint density at radius 2 is 2.46 bits per heavy atom. The van der Waals surface area contributed by atoms with Crippen molar-refractivity contribution in [3.8, 4) is 0 Å². The summed E-state index contributed by atoms with van der Waals surface area (Å²) in [6.07, 6.45) is 5.21. The predicted octanol–water partition coefficient (Wildman–Crippen LogP) is 0.947. The number of fused-ring (bicyclic) bond motifs is 1. The molecule has 1 aliphatic rings. The van der Waals surface area contributed by atoms with Crippen molar-refractivity contribution < 1.29 is 4.79 Å². The van der Waals surface area contributed by atoms with Crippen LogP contribution in [0.15, 0.2) is 24.5 Å². The fraction of sp³-hybridized carbons (Fsp3) is 0.111. The number of pyridine rings is 1. The molecule has 2 amide bonds. The molecule has 1 aromatic heterocycles. The third kappa shape index (κ3) is 1.38. The molecule has 4 nitrogen and oxygen atoms in total. The van der Waals surface area contributed by atoms with E-state index in [0.717, 1.165) is 11.3 Å². The minimum Gasteiger partial charge on any atom is -0.351 e. The van der Waals surface area contributed by atoms with Crippen LogP contribution in [0.25, 0.3) is 6.08 Å². The van der Waals surface area contributed by atoms with E-state index < -0.39 is 6.03 Å². The Labute approximate surface area is 75.7 Å². The first kappa shape index (κ1) is 7.79. The van der Waals surface area contributed by atoms with Crippen LogP contribution < -0.4 is 5.73 Å². The van der Waals surface area contributed by atoms with Gasteiger partial charge < -0.3 is 5.73 Å². The van der Waals surface area contributed by atoms with Crippen LogP contribution in [0.2, 0.25) is 0 Å². The maximum Gasteiger partial charge on any atom is 0.319 e. The largest absolute Gasteiger partial charge is 0.351 e. The highest BCUT2D eigenvalue weighted by Crippen LogP contribution is 2.16. The smallest absolute Gasteiger partial charge is 0.319 e. The van der Waals surface area contributed by atoms with Crippen molar-refractivity contribution in [1.82, 2.24) is 9.88 Å². The standard InChI is InChI=1S/C9H9N3O/c10-9(13)12-5-3-7-2-1-4-11-8(7)6-12/h1-5H,6H2,(H2,10,13). The fourth-order valence-corrected chi connectivity index (χ4v) is 1.27. The first-order valence-corrected chi connectivity index (χ1v) is 3.95. The molecule has 2 rings (SSSR count). The molecule has 2 N–H and O–H groups in total. The summed E-state index contributed by atoms with van der Waals surface area (Å²) in [6, 6.07) is 3.37. The fourth-order valence-electron chi connectivity index (χ4n) is 1.27. The van der Waals surface area contributed by atoms with Crippen LogP contribution in [0.1, 0.15) is 11.3 Å². The summed E-state index contributed by atoms with van der Waals surface area (Å²) in [6.45, 7) is 0.460. The van der Waals surface area contributed by atoms with Gasteiger partial charge in [-0.25, -0.2) is 4.79 Å². The number of rotatable bonds is 0. The molecule has 0 saturated heterocycles. The average molecular weight is 175 g/mol. The maximum atomic E-state index is 10.8. The molecule has 0 aromatic carbocycles. The van der Waals surface area contributed by atoms with Crippen molar-refractivity contribution in [2.24, 2.45) is 5.73 Å². The molecule has 4 heteroatoms. The number of hydrogen-bond acceptors (Lipinski definition) is 2. The Kier molecular flexibility index (Phi) is 1.73. The maximum absolute atomic E-state index is 10.8. The number of hydrogen-bond donors (Lipinski definition) is 1. The Hall–Kier alpha value is -1.84. The highest BCUT2D eigenvalue weighted by Gasteiger charge is 2.13. The number of aromatic nitrogens is 1. The number of carbonyl (C=O) groups excluding carboxylic acids is 1. The third-order valence-corrected chi connectivity index (χ3v) is 1.96. The minimum atomic E-state index is -0.451. The number of amides is 2. The first-order chi connectivity index (χ1) is 6.27. The van der Waals surface area contributed by atoms with E-state index in [1.165, 1.54) is 4.90 Å².